The van der Waals surface area contributed by atoms with Gasteiger partial charge < -0.3 is 10.2 Å². The van der Waals surface area contributed by atoms with Crippen LogP contribution < -0.4 is 10.2 Å². The largest absolute Gasteiger partial charge is 0.491 e. The molecule has 130 valence electrons. The van der Waals surface area contributed by atoms with Gasteiger partial charge in [0.25, 0.3) is 0 Å². The molecule has 1 heterocycles. The topological polar surface area (TPSA) is 54.9 Å². The molecule has 8 heteroatoms. The predicted molar refractivity (Wildman–Crippen MR) is 104 cm³/mol. The van der Waals surface area contributed by atoms with Crippen molar-refractivity contribution in [1.29, 1.82) is 0 Å². The van der Waals surface area contributed by atoms with Crippen LogP contribution in [0.15, 0.2) is 42.5 Å². The van der Waals surface area contributed by atoms with E-state index in [4.69, 9.17) is 40.2 Å². The molecule has 0 atom stereocenters. The van der Waals surface area contributed by atoms with Crippen LogP contribution in [-0.2, 0) is 6.54 Å². The molecule has 3 rings (SSSR count). The number of aromatic amines is 1. The summed E-state index contributed by atoms with van der Waals surface area (Å²) in [5.41, 5.74) is 5.10. The van der Waals surface area contributed by atoms with Crippen molar-refractivity contribution < 1.29 is 4.74 Å². The lowest BCUT2D eigenvalue weighted by Gasteiger charge is -2.13. The number of halogens is 2. The minimum Gasteiger partial charge on any atom is -0.491 e. The van der Waals surface area contributed by atoms with Crippen molar-refractivity contribution in [3.63, 3.8) is 0 Å². The summed E-state index contributed by atoms with van der Waals surface area (Å²) in [5, 5.41) is 8.04. The van der Waals surface area contributed by atoms with Crippen LogP contribution in [0.1, 0.15) is 12.5 Å². The lowest BCUT2D eigenvalue weighted by Crippen LogP contribution is -2.16. The molecular weight excluding hydrogens is 379 g/mol. The maximum absolute atomic E-state index is 6.25. The van der Waals surface area contributed by atoms with Crippen molar-refractivity contribution in [2.24, 2.45) is 0 Å². The molecule has 0 amide bonds. The molecular formula is C17H16Cl2N4OS. The monoisotopic (exact) mass is 394 g/mol. The molecule has 0 saturated carbocycles. The van der Waals surface area contributed by atoms with Crippen LogP contribution in [0.25, 0.3) is 11.4 Å². The summed E-state index contributed by atoms with van der Waals surface area (Å²) in [5.74, 6) is 1.20. The Labute approximate surface area is 160 Å². The second kappa shape index (κ2) is 7.91. The van der Waals surface area contributed by atoms with Gasteiger partial charge in [-0.1, -0.05) is 53.5 Å². The molecule has 0 bridgehead atoms. The summed E-state index contributed by atoms with van der Waals surface area (Å²) in [4.78, 5) is 0. The Bertz CT molecular complexity index is 901. The Morgan fingerprint density at radius 2 is 1.88 bits per heavy atom. The first kappa shape index (κ1) is 17.8. The van der Waals surface area contributed by atoms with Gasteiger partial charge in [-0.25, -0.2) is 9.77 Å². The van der Waals surface area contributed by atoms with Gasteiger partial charge in [0.1, 0.15) is 0 Å². The minimum absolute atomic E-state index is 0.472. The maximum Gasteiger partial charge on any atom is 0.214 e. The molecule has 5 nitrogen and oxygen atoms in total. The molecule has 0 aliphatic rings. The van der Waals surface area contributed by atoms with E-state index < -0.39 is 0 Å². The summed E-state index contributed by atoms with van der Waals surface area (Å²) < 4.78 is 7.65. The Hall–Kier alpha value is -2.02. The summed E-state index contributed by atoms with van der Waals surface area (Å²) in [6.45, 7) is 2.86. The van der Waals surface area contributed by atoms with Gasteiger partial charge in [0.05, 0.1) is 23.2 Å². The van der Waals surface area contributed by atoms with Crippen LogP contribution in [-0.4, -0.2) is 21.5 Å². The number of aromatic nitrogens is 3. The predicted octanol–water partition coefficient (Wildman–Crippen LogP) is 5.06. The van der Waals surface area contributed by atoms with Crippen molar-refractivity contribution in [2.45, 2.75) is 13.5 Å². The highest BCUT2D eigenvalue weighted by atomic mass is 35.5. The normalized spacial score (nSPS) is 10.7. The third-order valence-electron chi connectivity index (χ3n) is 3.49. The quantitative estimate of drug-likeness (QED) is 0.573. The second-order valence-electron chi connectivity index (χ2n) is 5.21. The van der Waals surface area contributed by atoms with Crippen LogP contribution in [0.4, 0.5) is 0 Å². The van der Waals surface area contributed by atoms with Gasteiger partial charge in [0.2, 0.25) is 4.77 Å². The van der Waals surface area contributed by atoms with Gasteiger partial charge in [-0.3, -0.25) is 0 Å². The molecule has 0 radical (unpaired) electrons. The second-order valence-corrected chi connectivity index (χ2v) is 6.41. The number of ether oxygens (including phenoxy) is 1. The summed E-state index contributed by atoms with van der Waals surface area (Å²) in [6.07, 6.45) is 0. The highest BCUT2D eigenvalue weighted by molar-refractivity contribution is 7.71. The summed E-state index contributed by atoms with van der Waals surface area (Å²) in [7, 11) is 0. The lowest BCUT2D eigenvalue weighted by atomic mass is 10.2. The number of H-pyrrole nitrogens is 1. The highest BCUT2D eigenvalue weighted by Crippen LogP contribution is 2.34. The van der Waals surface area contributed by atoms with Crippen molar-refractivity contribution in [3.05, 3.63) is 62.8 Å². The number of hydrogen-bond acceptors (Lipinski definition) is 4. The van der Waals surface area contributed by atoms with Crippen molar-refractivity contribution in [1.82, 2.24) is 14.9 Å². The molecule has 25 heavy (non-hydrogen) atoms. The fourth-order valence-corrected chi connectivity index (χ4v) is 3.23. The van der Waals surface area contributed by atoms with Crippen molar-refractivity contribution in [2.75, 3.05) is 12.0 Å². The fourth-order valence-electron chi connectivity index (χ4n) is 2.39. The number of nitrogens with one attached hydrogen (secondary N) is 2. The van der Waals surface area contributed by atoms with E-state index in [9.17, 15) is 0 Å². The number of benzene rings is 2. The molecule has 0 aliphatic carbocycles. The zero-order valence-electron chi connectivity index (χ0n) is 13.4. The molecule has 0 aliphatic heterocycles. The van der Waals surface area contributed by atoms with Gasteiger partial charge >= 0.3 is 0 Å². The van der Waals surface area contributed by atoms with Crippen molar-refractivity contribution >= 4 is 35.4 Å². The molecule has 0 spiro atoms. The minimum atomic E-state index is 0.472. The molecule has 2 aromatic carbocycles. The van der Waals surface area contributed by atoms with E-state index in [2.05, 4.69) is 15.6 Å². The molecule has 0 fully saturated rings. The van der Waals surface area contributed by atoms with E-state index in [0.29, 0.717) is 39.5 Å². The number of rotatable bonds is 6. The van der Waals surface area contributed by atoms with Gasteiger partial charge in [0, 0.05) is 5.56 Å². The standard InChI is InChI=1S/C17H16Cl2N4OS/c1-2-24-15-13(18)8-11(9-14(15)19)10-20-23-16(21-22-17(23)25)12-6-4-3-5-7-12/h3-9,20H,2,10H2,1H3,(H,22,25). The van der Waals surface area contributed by atoms with E-state index in [0.717, 1.165) is 11.1 Å². The third kappa shape index (κ3) is 3.98. The number of hydrogen-bond donors (Lipinski definition) is 2. The lowest BCUT2D eigenvalue weighted by molar-refractivity contribution is 0.340. The zero-order chi connectivity index (χ0) is 17.8. The Balaban J connectivity index is 1.83. The van der Waals surface area contributed by atoms with Crippen LogP contribution >= 0.6 is 35.4 Å². The van der Waals surface area contributed by atoms with E-state index in [1.165, 1.54) is 0 Å². The Morgan fingerprint density at radius 1 is 1.20 bits per heavy atom. The van der Waals surface area contributed by atoms with Crippen LogP contribution in [0.2, 0.25) is 10.0 Å². The van der Waals surface area contributed by atoms with Crippen LogP contribution in [0.5, 0.6) is 5.75 Å². The van der Waals surface area contributed by atoms with Gasteiger partial charge in [-0.15, -0.1) is 0 Å². The van der Waals surface area contributed by atoms with Gasteiger partial charge in [-0.2, -0.15) is 5.10 Å². The SMILES string of the molecule is CCOc1c(Cl)cc(CNn2c(-c3ccccc3)n[nH]c2=S)cc1Cl. The molecule has 0 unspecified atom stereocenters. The van der Waals surface area contributed by atoms with Gasteiger partial charge in [-0.05, 0) is 36.8 Å². The number of nitrogens with zero attached hydrogens (tertiary/aromatic N) is 2. The Morgan fingerprint density at radius 3 is 2.52 bits per heavy atom. The zero-order valence-corrected chi connectivity index (χ0v) is 15.8. The smallest absolute Gasteiger partial charge is 0.214 e. The van der Waals surface area contributed by atoms with E-state index >= 15 is 0 Å². The van der Waals surface area contributed by atoms with E-state index in [1.807, 2.05) is 49.4 Å². The van der Waals surface area contributed by atoms with Crippen LogP contribution in [0, 0.1) is 4.77 Å². The molecule has 3 aromatic rings. The fraction of sp³-hybridized carbons (Fsp3) is 0.176. The van der Waals surface area contributed by atoms with Crippen molar-refractivity contribution in [3.8, 4) is 17.1 Å². The van der Waals surface area contributed by atoms with Crippen LogP contribution in [0.3, 0.4) is 0 Å². The summed E-state index contributed by atoms with van der Waals surface area (Å²) >= 11 is 17.8. The van der Waals surface area contributed by atoms with E-state index in [1.54, 1.807) is 4.68 Å². The molecule has 1 aromatic heterocycles. The first-order chi connectivity index (χ1) is 12.1. The average molecular weight is 395 g/mol. The summed E-state index contributed by atoms with van der Waals surface area (Å²) in [6, 6.07) is 13.4. The average Bonchev–Trinajstić information content (AvgIpc) is 2.98. The molecule has 2 N–H and O–H groups in total. The first-order valence-corrected chi connectivity index (χ1v) is 8.84. The third-order valence-corrected chi connectivity index (χ3v) is 4.33. The maximum atomic E-state index is 6.25. The van der Waals surface area contributed by atoms with E-state index in [-0.39, 0.29) is 0 Å². The Kier molecular flexibility index (Phi) is 5.63. The van der Waals surface area contributed by atoms with Gasteiger partial charge in [0.15, 0.2) is 11.6 Å². The molecule has 0 saturated heterocycles. The highest BCUT2D eigenvalue weighted by Gasteiger charge is 2.11. The first-order valence-electron chi connectivity index (χ1n) is 7.67.